The summed E-state index contributed by atoms with van der Waals surface area (Å²) in [5.41, 5.74) is 0.654. The quantitative estimate of drug-likeness (QED) is 0.302. The van der Waals surface area contributed by atoms with Crippen LogP contribution in [0.4, 0.5) is 0 Å². The van der Waals surface area contributed by atoms with E-state index in [-0.39, 0.29) is 25.3 Å². The van der Waals surface area contributed by atoms with Crippen molar-refractivity contribution in [3.8, 4) is 0 Å². The van der Waals surface area contributed by atoms with Gasteiger partial charge >= 0.3 is 0 Å². The summed E-state index contributed by atoms with van der Waals surface area (Å²) in [6.07, 6.45) is 4.67. The van der Waals surface area contributed by atoms with E-state index in [1.807, 2.05) is 6.92 Å². The van der Waals surface area contributed by atoms with Crippen molar-refractivity contribution in [2.75, 3.05) is 26.8 Å². The highest BCUT2D eigenvalue weighted by molar-refractivity contribution is 5.40. The number of hydrogen-bond donors (Lipinski definition) is 2. The summed E-state index contributed by atoms with van der Waals surface area (Å²) in [5, 5.41) is 22.3. The summed E-state index contributed by atoms with van der Waals surface area (Å²) < 4.78 is 23.0. The zero-order chi connectivity index (χ0) is 19.9. The van der Waals surface area contributed by atoms with E-state index in [1.165, 1.54) is 0 Å². The zero-order valence-electron chi connectivity index (χ0n) is 17.3. The molecule has 0 aromatic carbocycles. The Morgan fingerprint density at radius 2 is 1.74 bits per heavy atom. The maximum atomic E-state index is 11.7. The molecule has 0 aromatic rings. The number of hydrogen-bond acceptors (Lipinski definition) is 6. The molecule has 1 saturated carbocycles. The first kappa shape index (κ1) is 22.4. The molecule has 0 spiro atoms. The molecule has 3 unspecified atom stereocenters. The second-order valence-corrected chi connectivity index (χ2v) is 7.70. The number of aliphatic hydroxyl groups is 2. The first-order chi connectivity index (χ1) is 12.9. The van der Waals surface area contributed by atoms with Crippen LogP contribution >= 0.6 is 0 Å². The molecule has 0 amide bonds. The molecule has 2 N–H and O–H groups in total. The van der Waals surface area contributed by atoms with Gasteiger partial charge < -0.3 is 29.2 Å². The predicted molar refractivity (Wildman–Crippen MR) is 102 cm³/mol. The Kier molecular flexibility index (Phi) is 8.35. The third-order valence-electron chi connectivity index (χ3n) is 5.76. The van der Waals surface area contributed by atoms with E-state index < -0.39 is 17.3 Å². The third kappa shape index (κ3) is 4.42. The van der Waals surface area contributed by atoms with Crippen molar-refractivity contribution in [1.29, 1.82) is 0 Å². The molecule has 156 valence electrons. The van der Waals surface area contributed by atoms with E-state index >= 15 is 0 Å². The number of unbranched alkanes of at least 4 members (excludes halogenated alkanes) is 2. The van der Waals surface area contributed by atoms with E-state index in [1.54, 1.807) is 6.92 Å². The summed E-state index contributed by atoms with van der Waals surface area (Å²) in [6.45, 7) is 9.32. The Morgan fingerprint density at radius 1 is 1.11 bits per heavy atom. The minimum atomic E-state index is -1.49. The largest absolute Gasteiger partial charge is 0.502 e. The molecule has 0 aromatic heterocycles. The Morgan fingerprint density at radius 3 is 2.37 bits per heavy atom. The van der Waals surface area contributed by atoms with Crippen LogP contribution in [0.2, 0.25) is 0 Å². The molecule has 6 heteroatoms. The number of fused-ring (bicyclic) bond motifs is 1. The summed E-state index contributed by atoms with van der Waals surface area (Å²) in [6, 6.07) is 0. The van der Waals surface area contributed by atoms with Gasteiger partial charge in [-0.2, -0.15) is 0 Å². The second kappa shape index (κ2) is 10.1. The molecule has 2 aliphatic carbocycles. The van der Waals surface area contributed by atoms with Gasteiger partial charge in [-0.05, 0) is 38.5 Å². The molecule has 0 heterocycles. The Hall–Kier alpha value is -0.880. The molecule has 27 heavy (non-hydrogen) atoms. The van der Waals surface area contributed by atoms with E-state index in [4.69, 9.17) is 18.9 Å². The summed E-state index contributed by atoms with van der Waals surface area (Å²) in [7, 11) is 0. The average molecular weight is 385 g/mol. The fraction of sp³-hybridized carbons (Fsp3) is 0.857. The van der Waals surface area contributed by atoms with Crippen molar-refractivity contribution in [3.63, 3.8) is 0 Å². The Labute approximate surface area is 163 Å². The van der Waals surface area contributed by atoms with Crippen LogP contribution in [0.1, 0.15) is 66.2 Å². The smallest absolute Gasteiger partial charge is 0.171 e. The van der Waals surface area contributed by atoms with E-state index in [0.29, 0.717) is 25.2 Å². The minimum Gasteiger partial charge on any atom is -0.502 e. The molecule has 0 saturated heterocycles. The standard InChI is InChI=1S/C21H36O6/c1-5-7-11-24-14-26-19-16(3)9-10-20(27-15-25-12-8-6-2)18(22)13-17(4)21(19,20)23/h16,19,22-23H,5-12,14-15H2,1-4H3/t16?,19?,20-,21?/m0/s1. The van der Waals surface area contributed by atoms with Gasteiger partial charge in [-0.15, -0.1) is 0 Å². The number of rotatable bonds is 12. The van der Waals surface area contributed by atoms with E-state index in [2.05, 4.69) is 19.6 Å². The lowest BCUT2D eigenvalue weighted by atomic mass is 9.65. The van der Waals surface area contributed by atoms with Crippen molar-refractivity contribution < 1.29 is 29.2 Å². The van der Waals surface area contributed by atoms with Crippen molar-refractivity contribution in [2.45, 2.75) is 83.5 Å². The zero-order valence-corrected chi connectivity index (χ0v) is 17.3. The molecule has 0 aliphatic heterocycles. The fourth-order valence-corrected chi connectivity index (χ4v) is 4.01. The van der Waals surface area contributed by atoms with Gasteiger partial charge in [0, 0.05) is 18.8 Å². The third-order valence-corrected chi connectivity index (χ3v) is 5.76. The van der Waals surface area contributed by atoms with Gasteiger partial charge in [-0.1, -0.05) is 39.3 Å². The highest BCUT2D eigenvalue weighted by Crippen LogP contribution is 2.53. The molecule has 1 fully saturated rings. The topological polar surface area (TPSA) is 77.4 Å². The Balaban J connectivity index is 2.11. The molecular formula is C21H36O6. The van der Waals surface area contributed by atoms with Gasteiger partial charge in [-0.3, -0.25) is 0 Å². The highest BCUT2D eigenvalue weighted by Gasteiger charge is 2.66. The predicted octanol–water partition coefficient (Wildman–Crippen LogP) is 3.84. The Bertz CT molecular complexity index is 541. The van der Waals surface area contributed by atoms with Gasteiger partial charge in [0.15, 0.2) is 17.0 Å². The molecule has 2 aliphatic rings. The van der Waals surface area contributed by atoms with Crippen LogP contribution in [0.15, 0.2) is 17.1 Å². The fourth-order valence-electron chi connectivity index (χ4n) is 4.01. The van der Waals surface area contributed by atoms with Crippen LogP contribution in [0.5, 0.6) is 0 Å². The van der Waals surface area contributed by atoms with Gasteiger partial charge in [-0.25, -0.2) is 0 Å². The summed E-state index contributed by atoms with van der Waals surface area (Å²) in [4.78, 5) is 0. The number of ether oxygens (including phenoxy) is 4. The second-order valence-electron chi connectivity index (χ2n) is 7.70. The highest BCUT2D eigenvalue weighted by atomic mass is 16.7. The van der Waals surface area contributed by atoms with Crippen LogP contribution in [-0.4, -0.2) is 54.3 Å². The monoisotopic (exact) mass is 384 g/mol. The molecular weight excluding hydrogens is 348 g/mol. The first-order valence-corrected chi connectivity index (χ1v) is 10.2. The van der Waals surface area contributed by atoms with Crippen LogP contribution in [0, 0.1) is 5.92 Å². The molecule has 2 rings (SSSR count). The van der Waals surface area contributed by atoms with E-state index in [0.717, 1.165) is 32.1 Å². The van der Waals surface area contributed by atoms with Crippen LogP contribution in [-0.2, 0) is 18.9 Å². The van der Waals surface area contributed by atoms with E-state index in [9.17, 15) is 10.2 Å². The number of aliphatic hydroxyl groups excluding tert-OH is 1. The first-order valence-electron chi connectivity index (χ1n) is 10.2. The van der Waals surface area contributed by atoms with Crippen LogP contribution in [0.25, 0.3) is 0 Å². The lowest BCUT2D eigenvalue weighted by Gasteiger charge is -2.52. The summed E-state index contributed by atoms with van der Waals surface area (Å²) >= 11 is 0. The van der Waals surface area contributed by atoms with Crippen LogP contribution < -0.4 is 0 Å². The van der Waals surface area contributed by atoms with Crippen molar-refractivity contribution >= 4 is 0 Å². The molecule has 0 radical (unpaired) electrons. The molecule has 6 nitrogen and oxygen atoms in total. The maximum Gasteiger partial charge on any atom is 0.171 e. The van der Waals surface area contributed by atoms with Crippen molar-refractivity contribution in [2.24, 2.45) is 5.92 Å². The SMILES string of the molecule is CCCCOCOC1C(C)CC[C@]2(OCOCCCC)C(O)=C=C(C)C12O. The lowest BCUT2D eigenvalue weighted by Crippen LogP contribution is -2.67. The van der Waals surface area contributed by atoms with Crippen molar-refractivity contribution in [1.82, 2.24) is 0 Å². The van der Waals surface area contributed by atoms with Gasteiger partial charge in [0.1, 0.15) is 13.6 Å². The average Bonchev–Trinajstić information content (AvgIpc) is 2.84. The minimum absolute atomic E-state index is 0.00936. The van der Waals surface area contributed by atoms with Gasteiger partial charge in [0.25, 0.3) is 0 Å². The molecule has 0 bridgehead atoms. The normalized spacial score (nSPS) is 32.9. The lowest BCUT2D eigenvalue weighted by molar-refractivity contribution is -0.274. The molecule has 4 atom stereocenters. The van der Waals surface area contributed by atoms with Crippen LogP contribution in [0.3, 0.4) is 0 Å². The van der Waals surface area contributed by atoms with Gasteiger partial charge in [0.2, 0.25) is 0 Å². The van der Waals surface area contributed by atoms with Gasteiger partial charge in [0.05, 0.1) is 6.10 Å². The van der Waals surface area contributed by atoms with Crippen molar-refractivity contribution in [3.05, 3.63) is 17.1 Å². The summed E-state index contributed by atoms with van der Waals surface area (Å²) in [5.74, 6) is 0.0131. The maximum absolute atomic E-state index is 11.7.